The summed E-state index contributed by atoms with van der Waals surface area (Å²) in [4.78, 5) is 13.8. The van der Waals surface area contributed by atoms with Crippen LogP contribution in [0.1, 0.15) is 15.9 Å². The van der Waals surface area contributed by atoms with Gasteiger partial charge in [-0.1, -0.05) is 18.2 Å². The highest BCUT2D eigenvalue weighted by Gasteiger charge is 2.32. The van der Waals surface area contributed by atoms with Crippen molar-refractivity contribution in [3.05, 3.63) is 58.1 Å². The molecule has 2 rings (SSSR count). The maximum atomic E-state index is 12.7. The molecule has 11 heteroatoms. The molecular weight excluding hydrogens is 477 g/mol. The zero-order valence-electron chi connectivity index (χ0n) is 15.7. The first-order valence-electron chi connectivity index (χ1n) is 8.14. The fourth-order valence-corrected chi connectivity index (χ4v) is 4.28. The largest absolute Gasteiger partial charge is 0.573 e. The number of amides is 1. The minimum atomic E-state index is -4.86. The molecule has 2 aromatic carbocycles. The molecule has 29 heavy (non-hydrogen) atoms. The molecule has 0 saturated heterocycles. The van der Waals surface area contributed by atoms with Crippen molar-refractivity contribution in [2.24, 2.45) is 0 Å². The molecule has 0 aliphatic carbocycles. The van der Waals surface area contributed by atoms with Crippen LogP contribution in [0.15, 0.2) is 51.8 Å². The van der Waals surface area contributed by atoms with Crippen LogP contribution in [0, 0.1) is 0 Å². The second kappa shape index (κ2) is 8.72. The van der Waals surface area contributed by atoms with Gasteiger partial charge in [0.1, 0.15) is 5.75 Å². The highest BCUT2D eigenvalue weighted by Crippen LogP contribution is 2.28. The van der Waals surface area contributed by atoms with Crippen LogP contribution >= 0.6 is 15.9 Å². The van der Waals surface area contributed by atoms with Gasteiger partial charge in [-0.15, -0.1) is 13.2 Å². The van der Waals surface area contributed by atoms with E-state index in [1.165, 1.54) is 62.4 Å². The highest BCUT2D eigenvalue weighted by molar-refractivity contribution is 9.10. The van der Waals surface area contributed by atoms with Crippen molar-refractivity contribution in [2.45, 2.75) is 17.8 Å². The minimum absolute atomic E-state index is 0.0744. The lowest BCUT2D eigenvalue weighted by molar-refractivity contribution is -0.275. The van der Waals surface area contributed by atoms with Gasteiger partial charge in [-0.05, 0) is 40.2 Å². The number of carbonyl (C=O) groups excluding carboxylic acids is 1. The summed E-state index contributed by atoms with van der Waals surface area (Å²) in [7, 11) is 0.315. The third-order valence-corrected chi connectivity index (χ3v) is 6.70. The highest BCUT2D eigenvalue weighted by atomic mass is 79.9. The van der Waals surface area contributed by atoms with Crippen LogP contribution in [0.5, 0.6) is 5.75 Å². The SMILES string of the molecule is CN(Cc1ccccc1OC(F)(F)F)C(=O)c1ccc(Br)c(S(=O)(=O)N(C)C)c1. The summed E-state index contributed by atoms with van der Waals surface area (Å²) in [6, 6.07) is 9.55. The number of halogens is 4. The first kappa shape index (κ1) is 23.2. The number of para-hydroxylation sites is 1. The Labute approximate surface area is 175 Å². The molecule has 1 amide bonds. The standard InChI is InChI=1S/C18H18BrF3N2O4S/c1-23(2)29(26,27)16-10-12(8-9-14(16)19)17(25)24(3)11-13-6-4-5-7-15(13)28-18(20,21)22/h4-10H,11H2,1-3H3. The number of hydrogen-bond donors (Lipinski definition) is 0. The van der Waals surface area contributed by atoms with E-state index in [-0.39, 0.29) is 27.0 Å². The van der Waals surface area contributed by atoms with Crippen LogP contribution in [-0.2, 0) is 16.6 Å². The maximum absolute atomic E-state index is 12.7. The zero-order valence-corrected chi connectivity index (χ0v) is 18.1. The molecule has 0 fully saturated rings. The molecule has 0 bridgehead atoms. The van der Waals surface area contributed by atoms with Crippen molar-refractivity contribution in [1.82, 2.24) is 9.21 Å². The smallest absolute Gasteiger partial charge is 0.405 e. The molecule has 0 atom stereocenters. The predicted octanol–water partition coefficient (Wildman–Crippen LogP) is 3.87. The van der Waals surface area contributed by atoms with E-state index in [0.29, 0.717) is 0 Å². The lowest BCUT2D eigenvalue weighted by Gasteiger charge is -2.21. The van der Waals surface area contributed by atoms with Crippen molar-refractivity contribution in [3.63, 3.8) is 0 Å². The van der Waals surface area contributed by atoms with E-state index < -0.39 is 28.0 Å². The third-order valence-electron chi connectivity index (χ3n) is 3.89. The van der Waals surface area contributed by atoms with Crippen LogP contribution in [0.2, 0.25) is 0 Å². The number of benzene rings is 2. The van der Waals surface area contributed by atoms with E-state index in [4.69, 9.17) is 0 Å². The second-order valence-electron chi connectivity index (χ2n) is 6.25. The molecule has 0 aliphatic heterocycles. The Morgan fingerprint density at radius 1 is 1.10 bits per heavy atom. The number of rotatable bonds is 6. The van der Waals surface area contributed by atoms with Gasteiger partial charge in [0.05, 0.1) is 4.90 Å². The molecule has 0 unspecified atom stereocenters. The monoisotopic (exact) mass is 494 g/mol. The number of ether oxygens (including phenoxy) is 1. The molecule has 158 valence electrons. The third kappa shape index (κ3) is 5.71. The molecule has 0 aliphatic rings. The van der Waals surface area contributed by atoms with Gasteiger partial charge in [-0.25, -0.2) is 12.7 Å². The average Bonchev–Trinajstić information content (AvgIpc) is 2.61. The number of carbonyl (C=O) groups is 1. The minimum Gasteiger partial charge on any atom is -0.405 e. The Kier molecular flexibility index (Phi) is 6.97. The Morgan fingerprint density at radius 2 is 1.72 bits per heavy atom. The van der Waals surface area contributed by atoms with Crippen molar-refractivity contribution < 1.29 is 31.1 Å². The molecule has 0 radical (unpaired) electrons. The van der Waals surface area contributed by atoms with E-state index in [9.17, 15) is 26.4 Å². The van der Waals surface area contributed by atoms with Crippen molar-refractivity contribution in [2.75, 3.05) is 21.1 Å². The summed E-state index contributed by atoms with van der Waals surface area (Å²) >= 11 is 3.16. The summed E-state index contributed by atoms with van der Waals surface area (Å²) in [5, 5.41) is 0. The van der Waals surface area contributed by atoms with Crippen LogP contribution in [0.25, 0.3) is 0 Å². The first-order chi connectivity index (χ1) is 13.3. The molecular formula is C18H18BrF3N2O4S. The second-order valence-corrected chi connectivity index (χ2v) is 9.22. The first-order valence-corrected chi connectivity index (χ1v) is 10.4. The van der Waals surface area contributed by atoms with Crippen LogP contribution in [0.3, 0.4) is 0 Å². The van der Waals surface area contributed by atoms with Crippen molar-refractivity contribution in [3.8, 4) is 5.75 Å². The molecule has 0 aromatic heterocycles. The van der Waals surface area contributed by atoms with E-state index in [2.05, 4.69) is 20.7 Å². The lowest BCUT2D eigenvalue weighted by atomic mass is 10.1. The van der Waals surface area contributed by atoms with Crippen LogP contribution < -0.4 is 4.74 Å². The fraction of sp³-hybridized carbons (Fsp3) is 0.278. The van der Waals surface area contributed by atoms with E-state index in [1.807, 2.05) is 0 Å². The molecule has 0 N–H and O–H groups in total. The molecule has 0 saturated carbocycles. The lowest BCUT2D eigenvalue weighted by Crippen LogP contribution is -2.28. The van der Waals surface area contributed by atoms with Gasteiger partial charge in [0.15, 0.2) is 0 Å². The van der Waals surface area contributed by atoms with Gasteiger partial charge in [0.25, 0.3) is 5.91 Å². The number of nitrogens with zero attached hydrogens (tertiary/aromatic N) is 2. The van der Waals surface area contributed by atoms with Gasteiger partial charge in [0.2, 0.25) is 10.0 Å². The van der Waals surface area contributed by atoms with E-state index in [0.717, 1.165) is 10.4 Å². The van der Waals surface area contributed by atoms with Crippen molar-refractivity contribution >= 4 is 31.9 Å². The number of alkyl halides is 3. The topological polar surface area (TPSA) is 66.9 Å². The quantitative estimate of drug-likeness (QED) is 0.611. The Bertz CT molecular complexity index is 1010. The Hall–Kier alpha value is -2.11. The summed E-state index contributed by atoms with van der Waals surface area (Å²) in [6.07, 6.45) is -4.86. The molecule has 2 aromatic rings. The summed E-state index contributed by atoms with van der Waals surface area (Å²) in [6.45, 7) is -0.170. The normalized spacial score (nSPS) is 12.1. The van der Waals surface area contributed by atoms with Crippen LogP contribution in [-0.4, -0.2) is 51.0 Å². The fourth-order valence-electron chi connectivity index (χ4n) is 2.44. The summed E-state index contributed by atoms with van der Waals surface area (Å²) in [5.41, 5.74) is 0.226. The number of hydrogen-bond acceptors (Lipinski definition) is 4. The predicted molar refractivity (Wildman–Crippen MR) is 104 cm³/mol. The maximum Gasteiger partial charge on any atom is 0.573 e. The average molecular weight is 495 g/mol. The van der Waals surface area contributed by atoms with Gasteiger partial charge < -0.3 is 9.64 Å². The summed E-state index contributed by atoms with van der Waals surface area (Å²) < 4.78 is 67.8. The van der Waals surface area contributed by atoms with E-state index in [1.54, 1.807) is 0 Å². The van der Waals surface area contributed by atoms with Crippen molar-refractivity contribution in [1.29, 1.82) is 0 Å². The van der Waals surface area contributed by atoms with Gasteiger partial charge in [-0.2, -0.15) is 0 Å². The van der Waals surface area contributed by atoms with Gasteiger partial charge >= 0.3 is 6.36 Å². The molecule has 0 heterocycles. The van der Waals surface area contributed by atoms with Gasteiger partial charge in [0, 0.05) is 43.3 Å². The number of sulfonamides is 1. The van der Waals surface area contributed by atoms with E-state index >= 15 is 0 Å². The summed E-state index contributed by atoms with van der Waals surface area (Å²) in [5.74, 6) is -0.971. The zero-order chi connectivity index (χ0) is 22.0. The Morgan fingerprint density at radius 3 is 2.31 bits per heavy atom. The van der Waals surface area contributed by atoms with Crippen LogP contribution in [0.4, 0.5) is 13.2 Å². The molecule has 0 spiro atoms. The molecule has 6 nitrogen and oxygen atoms in total. The Balaban J connectivity index is 2.31. The van der Waals surface area contributed by atoms with Gasteiger partial charge in [-0.3, -0.25) is 4.79 Å².